The molecule has 1 saturated heterocycles. The van der Waals surface area contributed by atoms with Crippen molar-refractivity contribution in [1.29, 1.82) is 5.41 Å². The Morgan fingerprint density at radius 2 is 1.85 bits per heavy atom. The number of carboxylic acids is 1. The number of carbonyl (C=O) groups is 3. The van der Waals surface area contributed by atoms with Crippen LogP contribution in [0.2, 0.25) is 0 Å². The van der Waals surface area contributed by atoms with Gasteiger partial charge in [-0.2, -0.15) is 4.72 Å². The van der Waals surface area contributed by atoms with Crippen molar-refractivity contribution in [2.45, 2.75) is 49.1 Å². The predicted molar refractivity (Wildman–Crippen MR) is 144 cm³/mol. The molecule has 0 aromatic heterocycles. The minimum absolute atomic E-state index is 0.0293. The van der Waals surface area contributed by atoms with Crippen molar-refractivity contribution < 1.29 is 27.9 Å². The number of hydrogen-bond acceptors (Lipinski definition) is 6. The number of nitrogens with one attached hydrogen (secondary N) is 3. The van der Waals surface area contributed by atoms with Gasteiger partial charge in [0, 0.05) is 25.7 Å². The van der Waals surface area contributed by atoms with Crippen LogP contribution in [0.3, 0.4) is 0 Å². The molecule has 1 unspecified atom stereocenters. The molecular formula is C26H34N6O6S. The average Bonchev–Trinajstić information content (AvgIpc) is 3.75. The van der Waals surface area contributed by atoms with E-state index in [4.69, 9.17) is 11.1 Å². The molecule has 2 atom stereocenters. The first-order valence-electron chi connectivity index (χ1n) is 12.9. The van der Waals surface area contributed by atoms with Crippen LogP contribution in [-0.2, 0) is 24.4 Å². The molecule has 2 aromatic carbocycles. The molecule has 12 nitrogen and oxygen atoms in total. The van der Waals surface area contributed by atoms with E-state index < -0.39 is 46.8 Å². The van der Waals surface area contributed by atoms with E-state index >= 15 is 0 Å². The van der Waals surface area contributed by atoms with Crippen LogP contribution in [0.5, 0.6) is 0 Å². The van der Waals surface area contributed by atoms with E-state index in [1.165, 1.54) is 12.1 Å². The molecule has 2 fully saturated rings. The van der Waals surface area contributed by atoms with Crippen LogP contribution >= 0.6 is 0 Å². The molecule has 2 aromatic rings. The van der Waals surface area contributed by atoms with E-state index in [1.807, 2.05) is 12.1 Å². The first-order chi connectivity index (χ1) is 18.5. The Bertz CT molecular complexity index is 1360. The number of aliphatic carboxylic acids is 1. The number of guanidine groups is 1. The molecule has 39 heavy (non-hydrogen) atoms. The summed E-state index contributed by atoms with van der Waals surface area (Å²) in [4.78, 5) is 40.6. The molecule has 2 amide bonds. The number of fused-ring (bicyclic) bond motifs is 1. The fraction of sp³-hybridized carbons (Fsp3) is 0.462. The van der Waals surface area contributed by atoms with Crippen LogP contribution < -0.4 is 15.8 Å². The fourth-order valence-electron chi connectivity index (χ4n) is 4.85. The Morgan fingerprint density at radius 3 is 2.51 bits per heavy atom. The van der Waals surface area contributed by atoms with Crippen molar-refractivity contribution in [3.63, 3.8) is 0 Å². The van der Waals surface area contributed by atoms with Crippen molar-refractivity contribution in [2.24, 2.45) is 11.7 Å². The summed E-state index contributed by atoms with van der Waals surface area (Å²) in [6.45, 7) is 0.888. The lowest BCUT2D eigenvalue weighted by molar-refractivity contribution is -0.146. The van der Waals surface area contributed by atoms with Gasteiger partial charge in [-0.3, -0.25) is 19.8 Å². The number of piperidine rings is 1. The highest BCUT2D eigenvalue weighted by atomic mass is 32.2. The number of rotatable bonds is 11. The summed E-state index contributed by atoms with van der Waals surface area (Å²) in [5.41, 5.74) is 5.59. The molecule has 0 bridgehead atoms. The van der Waals surface area contributed by atoms with E-state index in [0.717, 1.165) is 23.1 Å². The topological polar surface area (TPSA) is 186 Å². The van der Waals surface area contributed by atoms with Gasteiger partial charge in [0.1, 0.15) is 12.6 Å². The smallest absolute Gasteiger partial charge is 0.323 e. The van der Waals surface area contributed by atoms with E-state index in [1.54, 1.807) is 23.1 Å². The number of benzene rings is 2. The summed E-state index contributed by atoms with van der Waals surface area (Å²) in [7, 11) is -4.23. The van der Waals surface area contributed by atoms with Gasteiger partial charge in [0.15, 0.2) is 5.96 Å². The highest BCUT2D eigenvalue weighted by Gasteiger charge is 2.39. The van der Waals surface area contributed by atoms with Crippen molar-refractivity contribution in [2.75, 3.05) is 26.2 Å². The molecule has 0 radical (unpaired) electrons. The Balaban J connectivity index is 1.50. The molecule has 2 aliphatic rings. The summed E-state index contributed by atoms with van der Waals surface area (Å²) >= 11 is 0. The Morgan fingerprint density at radius 1 is 1.13 bits per heavy atom. The maximum Gasteiger partial charge on any atom is 0.323 e. The number of nitrogens with zero attached hydrogens (tertiary/aromatic N) is 2. The number of carboxylic acid groups (broad SMARTS) is 1. The average molecular weight is 559 g/mol. The summed E-state index contributed by atoms with van der Waals surface area (Å²) < 4.78 is 29.1. The number of likely N-dealkylation sites (tertiary alicyclic amines) is 1. The number of hydrogen-bond donors (Lipinski definition) is 5. The molecule has 6 N–H and O–H groups in total. The number of carbonyl (C=O) groups excluding carboxylic acids is 2. The van der Waals surface area contributed by atoms with Crippen molar-refractivity contribution in [1.82, 2.24) is 19.8 Å². The standard InChI is InChI=1S/C26H34N6O6S/c27-26(28)31-11-3-4-17(15-31)14-29-23(33)13-22(25(36)32(16-24(34)35)20-8-9-20)30-39(37,38)21-10-7-18-5-1-2-6-19(18)12-21/h1-2,5-7,10,12,17,20,22,30H,3-4,8-9,11,13-16H2,(H3,27,28)(H,29,33)(H,34,35)/t17?,22-/m0/s1. The lowest BCUT2D eigenvalue weighted by Crippen LogP contribution is -2.52. The molecule has 13 heteroatoms. The second kappa shape index (κ2) is 12.0. The minimum Gasteiger partial charge on any atom is -0.480 e. The van der Waals surface area contributed by atoms with Gasteiger partial charge >= 0.3 is 5.97 Å². The lowest BCUT2D eigenvalue weighted by Gasteiger charge is -2.33. The van der Waals surface area contributed by atoms with E-state index in [2.05, 4.69) is 10.0 Å². The monoisotopic (exact) mass is 558 g/mol. The second-order valence-corrected chi connectivity index (χ2v) is 11.8. The third kappa shape index (κ3) is 7.45. The maximum absolute atomic E-state index is 13.5. The lowest BCUT2D eigenvalue weighted by atomic mass is 9.98. The van der Waals surface area contributed by atoms with Crippen LogP contribution in [0, 0.1) is 11.3 Å². The normalized spacial score (nSPS) is 18.4. The van der Waals surface area contributed by atoms with Gasteiger partial charge in [0.2, 0.25) is 21.8 Å². The van der Waals surface area contributed by atoms with E-state index in [9.17, 15) is 27.9 Å². The largest absolute Gasteiger partial charge is 0.480 e. The zero-order valence-corrected chi connectivity index (χ0v) is 22.3. The van der Waals surface area contributed by atoms with Crippen LogP contribution in [0.15, 0.2) is 47.4 Å². The van der Waals surface area contributed by atoms with Gasteiger partial charge < -0.3 is 26.0 Å². The van der Waals surface area contributed by atoms with Crippen molar-refractivity contribution in [3.8, 4) is 0 Å². The van der Waals surface area contributed by atoms with E-state index in [0.29, 0.717) is 31.3 Å². The SMILES string of the molecule is N=C(N)N1CCCC(CNC(=O)C[C@H](NS(=O)(=O)c2ccc3ccccc3c2)C(=O)N(CC(=O)O)C2CC2)C1. The van der Waals surface area contributed by atoms with E-state index in [-0.39, 0.29) is 29.4 Å². The third-order valence-electron chi connectivity index (χ3n) is 7.04. The molecular weight excluding hydrogens is 524 g/mol. The van der Waals surface area contributed by atoms with Crippen LogP contribution in [0.1, 0.15) is 32.1 Å². The molecule has 1 aliphatic carbocycles. The molecule has 0 spiro atoms. The first kappa shape index (κ1) is 28.3. The molecule has 1 aliphatic heterocycles. The molecule has 1 saturated carbocycles. The summed E-state index contributed by atoms with van der Waals surface area (Å²) in [5.74, 6) is -2.49. The van der Waals surface area contributed by atoms with Gasteiger partial charge in [-0.25, -0.2) is 8.42 Å². The summed E-state index contributed by atoms with van der Waals surface area (Å²) in [5, 5.41) is 21.3. The Hall–Kier alpha value is -3.71. The highest BCUT2D eigenvalue weighted by Crippen LogP contribution is 2.28. The number of amides is 2. The summed E-state index contributed by atoms with van der Waals surface area (Å²) in [6, 6.07) is 10.0. The Labute approximate surface area is 227 Å². The zero-order valence-electron chi connectivity index (χ0n) is 21.5. The Kier molecular flexibility index (Phi) is 8.70. The number of nitrogens with two attached hydrogens (primary N) is 1. The summed E-state index contributed by atoms with van der Waals surface area (Å²) in [6.07, 6.45) is 2.39. The zero-order chi connectivity index (χ0) is 28.2. The minimum atomic E-state index is -4.23. The number of sulfonamides is 1. The fourth-order valence-corrected chi connectivity index (χ4v) is 6.08. The van der Waals surface area contributed by atoms with Crippen molar-refractivity contribution >= 4 is 44.5 Å². The van der Waals surface area contributed by atoms with Crippen molar-refractivity contribution in [3.05, 3.63) is 42.5 Å². The van der Waals surface area contributed by atoms with Gasteiger partial charge in [-0.05, 0) is 54.5 Å². The van der Waals surface area contributed by atoms with Gasteiger partial charge in [-0.15, -0.1) is 0 Å². The second-order valence-electron chi connectivity index (χ2n) is 10.1. The quantitative estimate of drug-likeness (QED) is 0.197. The third-order valence-corrected chi connectivity index (χ3v) is 8.51. The first-order valence-corrected chi connectivity index (χ1v) is 14.4. The maximum atomic E-state index is 13.5. The highest BCUT2D eigenvalue weighted by molar-refractivity contribution is 7.89. The van der Waals surface area contributed by atoms with Gasteiger partial charge in [0.05, 0.1) is 11.3 Å². The van der Waals surface area contributed by atoms with Crippen LogP contribution in [0.25, 0.3) is 10.8 Å². The van der Waals surface area contributed by atoms with Gasteiger partial charge in [0.25, 0.3) is 0 Å². The van der Waals surface area contributed by atoms with Crippen LogP contribution in [0.4, 0.5) is 0 Å². The molecule has 210 valence electrons. The van der Waals surface area contributed by atoms with Crippen LogP contribution in [-0.4, -0.2) is 85.3 Å². The molecule has 1 heterocycles. The molecule has 4 rings (SSSR count). The van der Waals surface area contributed by atoms with Gasteiger partial charge in [-0.1, -0.05) is 30.3 Å². The predicted octanol–water partition coefficient (Wildman–Crippen LogP) is 0.674.